The van der Waals surface area contributed by atoms with E-state index in [1.54, 1.807) is 0 Å². The fourth-order valence-corrected chi connectivity index (χ4v) is 0.882. The summed E-state index contributed by atoms with van der Waals surface area (Å²) in [6, 6.07) is 0. The van der Waals surface area contributed by atoms with Gasteiger partial charge in [-0.1, -0.05) is 44.1 Å². The zero-order chi connectivity index (χ0) is 8.69. The normalized spacial score (nSPS) is 15.8. The second-order valence-electron chi connectivity index (χ2n) is 3.04. The summed E-state index contributed by atoms with van der Waals surface area (Å²) in [7, 11) is 0. The molecular weight excluding hydrogens is 132 g/mol. The minimum atomic E-state index is 0.617. The van der Waals surface area contributed by atoms with E-state index >= 15 is 0 Å². The molecule has 0 amide bonds. The van der Waals surface area contributed by atoms with Crippen molar-refractivity contribution in [3.05, 3.63) is 23.8 Å². The Balaban J connectivity index is 3.76. The van der Waals surface area contributed by atoms with Gasteiger partial charge in [-0.3, -0.25) is 0 Å². The first-order valence-corrected chi connectivity index (χ1v) is 4.51. The van der Waals surface area contributed by atoms with E-state index in [9.17, 15) is 0 Å². The molecule has 1 atom stereocenters. The monoisotopic (exact) mass is 152 g/mol. The van der Waals surface area contributed by atoms with Crippen molar-refractivity contribution in [3.63, 3.8) is 0 Å². The molecule has 0 fully saturated rings. The highest BCUT2D eigenvalue weighted by Crippen LogP contribution is 2.10. The van der Waals surface area contributed by atoms with Crippen LogP contribution in [-0.4, -0.2) is 0 Å². The molecule has 0 saturated heterocycles. The standard InChI is InChI=1S/C11H20/c1-5-7-8-9-11(4)10(3)6-2/h6,8-9,11H,5,7H2,1-4H3. The number of hydrogen-bond acceptors (Lipinski definition) is 0. The molecule has 0 nitrogen and oxygen atoms in total. The molecule has 0 aliphatic rings. The molecule has 0 aromatic carbocycles. The SMILES string of the molecule is CC=C(C)C(C)C=CCCC. The molecule has 0 bridgehead atoms. The van der Waals surface area contributed by atoms with E-state index in [2.05, 4.69) is 45.9 Å². The van der Waals surface area contributed by atoms with Gasteiger partial charge in [0.1, 0.15) is 0 Å². The maximum Gasteiger partial charge on any atom is -0.00545 e. The molecule has 0 aliphatic carbocycles. The molecule has 64 valence electrons. The summed E-state index contributed by atoms with van der Waals surface area (Å²) < 4.78 is 0. The maximum atomic E-state index is 2.29. The lowest BCUT2D eigenvalue weighted by Crippen LogP contribution is -1.89. The topological polar surface area (TPSA) is 0 Å². The molecule has 0 spiro atoms. The van der Waals surface area contributed by atoms with E-state index < -0.39 is 0 Å². The van der Waals surface area contributed by atoms with Crippen LogP contribution >= 0.6 is 0 Å². The van der Waals surface area contributed by atoms with Gasteiger partial charge in [0.05, 0.1) is 0 Å². The fraction of sp³-hybridized carbons (Fsp3) is 0.636. The molecule has 0 radical (unpaired) electrons. The largest absolute Gasteiger partial charge is 0.0882 e. The molecule has 0 aromatic heterocycles. The van der Waals surface area contributed by atoms with Gasteiger partial charge in [0, 0.05) is 0 Å². The van der Waals surface area contributed by atoms with Crippen molar-refractivity contribution in [1.82, 2.24) is 0 Å². The van der Waals surface area contributed by atoms with Crippen molar-refractivity contribution < 1.29 is 0 Å². The van der Waals surface area contributed by atoms with Gasteiger partial charge in [-0.05, 0) is 26.2 Å². The van der Waals surface area contributed by atoms with E-state index in [0.29, 0.717) is 5.92 Å². The summed E-state index contributed by atoms with van der Waals surface area (Å²) >= 11 is 0. The van der Waals surface area contributed by atoms with Gasteiger partial charge >= 0.3 is 0 Å². The third-order valence-electron chi connectivity index (χ3n) is 2.05. The van der Waals surface area contributed by atoms with Crippen LogP contribution in [0.1, 0.15) is 40.5 Å². The van der Waals surface area contributed by atoms with E-state index in [0.717, 1.165) is 0 Å². The number of allylic oxidation sites excluding steroid dienone is 4. The van der Waals surface area contributed by atoms with E-state index in [-0.39, 0.29) is 0 Å². The molecule has 0 N–H and O–H groups in total. The highest BCUT2D eigenvalue weighted by molar-refractivity contribution is 5.08. The minimum absolute atomic E-state index is 0.617. The average molecular weight is 152 g/mol. The van der Waals surface area contributed by atoms with Crippen LogP contribution in [-0.2, 0) is 0 Å². The number of rotatable bonds is 4. The Bertz CT molecular complexity index is 140. The summed E-state index contributed by atoms with van der Waals surface area (Å²) in [6.07, 6.45) is 9.21. The van der Waals surface area contributed by atoms with Crippen LogP contribution in [0.5, 0.6) is 0 Å². The first-order valence-electron chi connectivity index (χ1n) is 4.51. The molecular formula is C11H20. The number of hydrogen-bond donors (Lipinski definition) is 0. The highest BCUT2D eigenvalue weighted by atomic mass is 14.0. The Labute approximate surface area is 71.0 Å². The lowest BCUT2D eigenvalue weighted by Gasteiger charge is -2.04. The van der Waals surface area contributed by atoms with E-state index in [1.807, 2.05) is 0 Å². The van der Waals surface area contributed by atoms with Gasteiger partial charge in [-0.15, -0.1) is 0 Å². The highest BCUT2D eigenvalue weighted by Gasteiger charge is 1.95. The lowest BCUT2D eigenvalue weighted by atomic mass is 10.0. The molecule has 0 heterocycles. The van der Waals surface area contributed by atoms with Crippen molar-refractivity contribution in [2.24, 2.45) is 5.92 Å². The quantitative estimate of drug-likeness (QED) is 0.535. The van der Waals surface area contributed by atoms with Crippen molar-refractivity contribution in [3.8, 4) is 0 Å². The van der Waals surface area contributed by atoms with Crippen molar-refractivity contribution in [1.29, 1.82) is 0 Å². The maximum absolute atomic E-state index is 2.29. The predicted octanol–water partition coefficient (Wildman–Crippen LogP) is 3.95. The van der Waals surface area contributed by atoms with Crippen molar-refractivity contribution in [2.45, 2.75) is 40.5 Å². The second kappa shape index (κ2) is 6.21. The second-order valence-corrected chi connectivity index (χ2v) is 3.04. The Morgan fingerprint density at radius 2 is 2.09 bits per heavy atom. The minimum Gasteiger partial charge on any atom is -0.0882 e. The Hall–Kier alpha value is -0.520. The van der Waals surface area contributed by atoms with Crippen molar-refractivity contribution >= 4 is 0 Å². The number of unbranched alkanes of at least 4 members (excludes halogenated alkanes) is 1. The van der Waals surface area contributed by atoms with E-state index in [4.69, 9.17) is 0 Å². The van der Waals surface area contributed by atoms with Crippen LogP contribution in [0.15, 0.2) is 23.8 Å². The summed E-state index contributed by atoms with van der Waals surface area (Å²) in [5.74, 6) is 0.617. The molecule has 0 heteroatoms. The van der Waals surface area contributed by atoms with E-state index in [1.165, 1.54) is 18.4 Å². The van der Waals surface area contributed by atoms with Crippen LogP contribution < -0.4 is 0 Å². The molecule has 11 heavy (non-hydrogen) atoms. The third-order valence-corrected chi connectivity index (χ3v) is 2.05. The van der Waals surface area contributed by atoms with Crippen LogP contribution in [0.4, 0.5) is 0 Å². The summed E-state index contributed by atoms with van der Waals surface area (Å²) in [6.45, 7) is 8.72. The fourth-order valence-electron chi connectivity index (χ4n) is 0.882. The Morgan fingerprint density at radius 3 is 2.55 bits per heavy atom. The summed E-state index contributed by atoms with van der Waals surface area (Å²) in [4.78, 5) is 0. The smallest absolute Gasteiger partial charge is 0.00545 e. The third kappa shape index (κ3) is 4.83. The Morgan fingerprint density at radius 1 is 1.45 bits per heavy atom. The van der Waals surface area contributed by atoms with Crippen LogP contribution in [0.25, 0.3) is 0 Å². The van der Waals surface area contributed by atoms with Gasteiger partial charge in [0.25, 0.3) is 0 Å². The lowest BCUT2D eigenvalue weighted by molar-refractivity contribution is 0.844. The van der Waals surface area contributed by atoms with Gasteiger partial charge < -0.3 is 0 Å². The zero-order valence-corrected chi connectivity index (χ0v) is 8.22. The molecule has 0 aromatic rings. The van der Waals surface area contributed by atoms with Gasteiger partial charge in [-0.25, -0.2) is 0 Å². The average Bonchev–Trinajstić information content (AvgIpc) is 2.03. The molecule has 0 aliphatic heterocycles. The first-order chi connectivity index (χ1) is 5.22. The Kier molecular flexibility index (Phi) is 5.91. The van der Waals surface area contributed by atoms with Gasteiger partial charge in [0.15, 0.2) is 0 Å². The first kappa shape index (κ1) is 10.5. The van der Waals surface area contributed by atoms with Gasteiger partial charge in [-0.2, -0.15) is 0 Å². The predicted molar refractivity (Wildman–Crippen MR) is 52.6 cm³/mol. The zero-order valence-electron chi connectivity index (χ0n) is 8.22. The van der Waals surface area contributed by atoms with Crippen LogP contribution in [0.2, 0.25) is 0 Å². The summed E-state index contributed by atoms with van der Waals surface area (Å²) in [5.41, 5.74) is 1.46. The molecule has 0 rings (SSSR count). The van der Waals surface area contributed by atoms with Crippen LogP contribution in [0, 0.1) is 5.92 Å². The van der Waals surface area contributed by atoms with Crippen LogP contribution in [0.3, 0.4) is 0 Å². The molecule has 0 saturated carbocycles. The van der Waals surface area contributed by atoms with Crippen molar-refractivity contribution in [2.75, 3.05) is 0 Å². The summed E-state index contributed by atoms with van der Waals surface area (Å²) in [5, 5.41) is 0. The van der Waals surface area contributed by atoms with Gasteiger partial charge in [0.2, 0.25) is 0 Å². The molecule has 1 unspecified atom stereocenters.